The van der Waals surface area contributed by atoms with E-state index in [2.05, 4.69) is 5.43 Å². The molecule has 2 aromatic rings. The maximum atomic E-state index is 11.5. The van der Waals surface area contributed by atoms with E-state index in [1.54, 1.807) is 17.8 Å². The van der Waals surface area contributed by atoms with Crippen LogP contribution < -0.4 is 17.0 Å². The summed E-state index contributed by atoms with van der Waals surface area (Å²) in [5.41, 5.74) is 10.2. The number of amides is 1. The van der Waals surface area contributed by atoms with Crippen molar-refractivity contribution in [2.75, 3.05) is 5.73 Å². The molecular formula is C13H15N3O2S. The molecule has 0 radical (unpaired) electrons. The fourth-order valence-electron chi connectivity index (χ4n) is 1.65. The van der Waals surface area contributed by atoms with E-state index < -0.39 is 0 Å². The van der Waals surface area contributed by atoms with E-state index in [4.69, 9.17) is 16.0 Å². The number of hydrogen-bond donors (Lipinski definition) is 3. The first-order valence-corrected chi connectivity index (χ1v) is 6.66. The van der Waals surface area contributed by atoms with Crippen LogP contribution in [0.2, 0.25) is 0 Å². The van der Waals surface area contributed by atoms with Crippen LogP contribution in [0.25, 0.3) is 0 Å². The third kappa shape index (κ3) is 3.10. The summed E-state index contributed by atoms with van der Waals surface area (Å²) in [6.45, 7) is 2.01. The number of carbonyl (C=O) groups is 1. The molecule has 2 rings (SSSR count). The van der Waals surface area contributed by atoms with Gasteiger partial charge in [-0.25, -0.2) is 5.84 Å². The first-order chi connectivity index (χ1) is 9.11. The second-order valence-electron chi connectivity index (χ2n) is 4.04. The first-order valence-electron chi connectivity index (χ1n) is 5.68. The van der Waals surface area contributed by atoms with Crippen LogP contribution in [0.5, 0.6) is 0 Å². The Kier molecular flexibility index (Phi) is 4.13. The van der Waals surface area contributed by atoms with Gasteiger partial charge in [0.1, 0.15) is 5.76 Å². The van der Waals surface area contributed by atoms with Gasteiger partial charge in [0, 0.05) is 10.6 Å². The van der Waals surface area contributed by atoms with Gasteiger partial charge in [-0.2, -0.15) is 0 Å². The predicted octanol–water partition coefficient (Wildman–Crippen LogP) is 2.07. The van der Waals surface area contributed by atoms with Crippen molar-refractivity contribution < 1.29 is 9.21 Å². The smallest absolute Gasteiger partial charge is 0.268 e. The van der Waals surface area contributed by atoms with Gasteiger partial charge in [0.25, 0.3) is 5.91 Å². The van der Waals surface area contributed by atoms with Crippen molar-refractivity contribution in [1.82, 2.24) is 5.43 Å². The Morgan fingerprint density at radius 3 is 2.95 bits per heavy atom. The molecule has 0 aliphatic carbocycles. The lowest BCUT2D eigenvalue weighted by Crippen LogP contribution is -2.30. The van der Waals surface area contributed by atoms with E-state index in [1.807, 2.05) is 25.1 Å². The summed E-state index contributed by atoms with van der Waals surface area (Å²) >= 11 is 1.57. The number of furan rings is 1. The molecule has 0 bridgehead atoms. The van der Waals surface area contributed by atoms with Crippen molar-refractivity contribution in [1.29, 1.82) is 0 Å². The number of rotatable bonds is 4. The van der Waals surface area contributed by atoms with Gasteiger partial charge in [0.15, 0.2) is 0 Å². The molecule has 5 N–H and O–H groups in total. The first kappa shape index (κ1) is 13.5. The number of carbonyl (C=O) groups excluding carboxylic acids is 1. The fraction of sp³-hybridized carbons (Fsp3) is 0.154. The average molecular weight is 277 g/mol. The molecule has 0 spiro atoms. The molecule has 6 heteroatoms. The topological polar surface area (TPSA) is 94.3 Å². The van der Waals surface area contributed by atoms with Gasteiger partial charge in [0.2, 0.25) is 0 Å². The summed E-state index contributed by atoms with van der Waals surface area (Å²) in [6, 6.07) is 7.34. The van der Waals surface area contributed by atoms with E-state index >= 15 is 0 Å². The van der Waals surface area contributed by atoms with E-state index in [9.17, 15) is 4.79 Å². The van der Waals surface area contributed by atoms with Crippen molar-refractivity contribution >= 4 is 23.4 Å². The summed E-state index contributed by atoms with van der Waals surface area (Å²) in [5, 5.41) is 0. The number of nitrogens with one attached hydrogen (secondary N) is 1. The largest absolute Gasteiger partial charge is 0.468 e. The predicted molar refractivity (Wildman–Crippen MR) is 75.5 cm³/mol. The number of hydrazine groups is 1. The molecule has 19 heavy (non-hydrogen) atoms. The zero-order chi connectivity index (χ0) is 13.8. The normalized spacial score (nSPS) is 10.4. The molecule has 0 saturated heterocycles. The lowest BCUT2D eigenvalue weighted by Gasteiger charge is -2.06. The average Bonchev–Trinajstić information content (AvgIpc) is 2.87. The zero-order valence-corrected chi connectivity index (χ0v) is 11.3. The molecule has 0 atom stereocenters. The van der Waals surface area contributed by atoms with Gasteiger partial charge in [0.05, 0.1) is 17.6 Å². The monoisotopic (exact) mass is 277 g/mol. The van der Waals surface area contributed by atoms with E-state index in [-0.39, 0.29) is 5.91 Å². The summed E-state index contributed by atoms with van der Waals surface area (Å²) in [4.78, 5) is 12.6. The van der Waals surface area contributed by atoms with Crippen molar-refractivity contribution in [3.63, 3.8) is 0 Å². The van der Waals surface area contributed by atoms with Crippen molar-refractivity contribution in [2.24, 2.45) is 5.84 Å². The maximum absolute atomic E-state index is 11.5. The standard InChI is InChI=1S/C13H15N3O2S/c1-8-2-3-9(14)6-12(8)19-7-11-10(4-5-18-11)13(17)16-15/h2-6H,7,14-15H2,1H3,(H,16,17). The Labute approximate surface area is 115 Å². The molecular weight excluding hydrogens is 262 g/mol. The number of hydrogen-bond acceptors (Lipinski definition) is 5. The Morgan fingerprint density at radius 1 is 1.42 bits per heavy atom. The quantitative estimate of drug-likeness (QED) is 0.261. The molecule has 0 saturated carbocycles. The SMILES string of the molecule is Cc1ccc(N)cc1SCc1occc1C(=O)NN. The molecule has 0 aliphatic heterocycles. The van der Waals surface area contributed by atoms with E-state index in [1.165, 1.54) is 6.26 Å². The highest BCUT2D eigenvalue weighted by molar-refractivity contribution is 7.98. The molecule has 5 nitrogen and oxygen atoms in total. The molecule has 0 unspecified atom stereocenters. The van der Waals surface area contributed by atoms with Crippen LogP contribution in [0.15, 0.2) is 39.8 Å². The Balaban J connectivity index is 2.13. The Morgan fingerprint density at radius 2 is 2.21 bits per heavy atom. The van der Waals surface area contributed by atoms with Gasteiger partial charge in [-0.05, 0) is 30.7 Å². The van der Waals surface area contributed by atoms with Gasteiger partial charge in [-0.3, -0.25) is 10.2 Å². The van der Waals surface area contributed by atoms with E-state index in [0.29, 0.717) is 22.8 Å². The molecule has 1 amide bonds. The molecule has 0 aliphatic rings. The Bertz CT molecular complexity index is 595. The number of nitrogens with two attached hydrogens (primary N) is 2. The number of aryl methyl sites for hydroxylation is 1. The van der Waals surface area contributed by atoms with Crippen molar-refractivity contribution in [3.05, 3.63) is 47.4 Å². The van der Waals surface area contributed by atoms with Crippen LogP contribution in [0.1, 0.15) is 21.7 Å². The number of anilines is 1. The van der Waals surface area contributed by atoms with Gasteiger partial charge < -0.3 is 10.2 Å². The number of nitrogen functional groups attached to an aromatic ring is 2. The Hall–Kier alpha value is -1.92. The zero-order valence-electron chi connectivity index (χ0n) is 10.5. The lowest BCUT2D eigenvalue weighted by atomic mass is 10.2. The highest BCUT2D eigenvalue weighted by Crippen LogP contribution is 2.29. The number of benzene rings is 1. The fourth-order valence-corrected chi connectivity index (χ4v) is 2.67. The summed E-state index contributed by atoms with van der Waals surface area (Å²) in [5.74, 6) is 5.90. The van der Waals surface area contributed by atoms with Crippen LogP contribution in [-0.4, -0.2) is 5.91 Å². The lowest BCUT2D eigenvalue weighted by molar-refractivity contribution is 0.0952. The summed E-state index contributed by atoms with van der Waals surface area (Å²) in [7, 11) is 0. The van der Waals surface area contributed by atoms with Gasteiger partial charge in [-0.15, -0.1) is 11.8 Å². The minimum absolute atomic E-state index is 0.353. The minimum Gasteiger partial charge on any atom is -0.468 e. The molecule has 1 aromatic heterocycles. The minimum atomic E-state index is -0.353. The maximum Gasteiger partial charge on any atom is 0.268 e. The van der Waals surface area contributed by atoms with Gasteiger partial charge in [-0.1, -0.05) is 6.07 Å². The van der Waals surface area contributed by atoms with Crippen molar-refractivity contribution in [3.8, 4) is 0 Å². The highest BCUT2D eigenvalue weighted by Gasteiger charge is 2.14. The molecule has 1 heterocycles. The summed E-state index contributed by atoms with van der Waals surface area (Å²) in [6.07, 6.45) is 1.48. The second-order valence-corrected chi connectivity index (χ2v) is 5.06. The van der Waals surface area contributed by atoms with Crippen LogP contribution in [0.4, 0.5) is 5.69 Å². The second kappa shape index (κ2) is 5.81. The number of thioether (sulfide) groups is 1. The molecule has 0 fully saturated rings. The van der Waals surface area contributed by atoms with Crippen LogP contribution in [-0.2, 0) is 5.75 Å². The molecule has 100 valence electrons. The highest BCUT2D eigenvalue weighted by atomic mass is 32.2. The molecule has 1 aromatic carbocycles. The van der Waals surface area contributed by atoms with Crippen LogP contribution in [0.3, 0.4) is 0 Å². The summed E-state index contributed by atoms with van der Waals surface area (Å²) < 4.78 is 5.31. The van der Waals surface area contributed by atoms with Crippen LogP contribution >= 0.6 is 11.8 Å². The van der Waals surface area contributed by atoms with Crippen LogP contribution in [0, 0.1) is 6.92 Å². The third-order valence-electron chi connectivity index (χ3n) is 2.69. The van der Waals surface area contributed by atoms with E-state index in [0.717, 1.165) is 10.5 Å². The van der Waals surface area contributed by atoms with Crippen molar-refractivity contribution in [2.45, 2.75) is 17.6 Å². The third-order valence-corrected chi connectivity index (χ3v) is 3.85. The van der Waals surface area contributed by atoms with Gasteiger partial charge >= 0.3 is 0 Å².